The molecular weight excluding hydrogens is 227 g/mol. The summed E-state index contributed by atoms with van der Waals surface area (Å²) in [4.78, 5) is 4.71. The average Bonchev–Trinajstić information content (AvgIpc) is 2.51. The molecular formula is C8H12F3N3S. The van der Waals surface area contributed by atoms with Gasteiger partial charge in [-0.3, -0.25) is 11.3 Å². The molecule has 0 saturated carbocycles. The molecule has 0 aliphatic heterocycles. The zero-order valence-electron chi connectivity index (χ0n) is 8.14. The Kier molecular flexibility index (Phi) is 4.06. The smallest absolute Gasteiger partial charge is 0.271 e. The molecule has 1 aromatic rings. The number of halogens is 3. The number of nitrogens with zero attached hydrogens (tertiary/aromatic N) is 1. The van der Waals surface area contributed by atoms with E-state index in [1.165, 1.54) is 11.3 Å². The molecule has 0 bridgehead atoms. The van der Waals surface area contributed by atoms with E-state index in [4.69, 9.17) is 5.84 Å². The second-order valence-electron chi connectivity index (χ2n) is 3.15. The van der Waals surface area contributed by atoms with E-state index in [-0.39, 0.29) is 6.42 Å². The third-order valence-electron chi connectivity index (χ3n) is 1.90. The van der Waals surface area contributed by atoms with Crippen molar-refractivity contribution in [1.82, 2.24) is 10.4 Å². The Morgan fingerprint density at radius 2 is 2.27 bits per heavy atom. The Bertz CT molecular complexity index is 310. The van der Waals surface area contributed by atoms with E-state index in [1.54, 1.807) is 13.1 Å². The van der Waals surface area contributed by atoms with E-state index in [2.05, 4.69) is 10.4 Å². The summed E-state index contributed by atoms with van der Waals surface area (Å²) in [5.41, 5.74) is 2.37. The van der Waals surface area contributed by atoms with Crippen LogP contribution in [0.1, 0.15) is 28.8 Å². The summed E-state index contributed by atoms with van der Waals surface area (Å²) < 4.78 is 36.0. The minimum atomic E-state index is -4.14. The lowest BCUT2D eigenvalue weighted by atomic mass is 10.1. The van der Waals surface area contributed by atoms with Crippen molar-refractivity contribution < 1.29 is 13.2 Å². The maximum Gasteiger partial charge on any atom is 0.389 e. The van der Waals surface area contributed by atoms with Gasteiger partial charge < -0.3 is 0 Å². The molecule has 0 fully saturated rings. The molecule has 1 atom stereocenters. The highest BCUT2D eigenvalue weighted by atomic mass is 32.1. The van der Waals surface area contributed by atoms with Gasteiger partial charge in [-0.05, 0) is 13.3 Å². The first-order chi connectivity index (χ1) is 6.92. The van der Waals surface area contributed by atoms with Gasteiger partial charge in [0.05, 0.1) is 11.0 Å². The van der Waals surface area contributed by atoms with Crippen LogP contribution in [0.3, 0.4) is 0 Å². The van der Waals surface area contributed by atoms with Crippen LogP contribution in [0.25, 0.3) is 0 Å². The third kappa shape index (κ3) is 4.15. The van der Waals surface area contributed by atoms with Gasteiger partial charge in [-0.1, -0.05) is 0 Å². The fourth-order valence-electron chi connectivity index (χ4n) is 1.15. The standard InChI is InChI=1S/C8H12F3N3S/c1-5-13-4-7(15-5)6(14-12)2-3-8(9,10)11/h4,6,14H,2-3,12H2,1H3. The first-order valence-corrected chi connectivity index (χ1v) is 5.19. The first-order valence-electron chi connectivity index (χ1n) is 4.37. The Morgan fingerprint density at radius 1 is 1.60 bits per heavy atom. The summed E-state index contributed by atoms with van der Waals surface area (Å²) in [6.07, 6.45) is -3.50. The Hall–Kier alpha value is -0.660. The summed E-state index contributed by atoms with van der Waals surface area (Å²) in [5.74, 6) is 5.20. The van der Waals surface area contributed by atoms with E-state index < -0.39 is 18.6 Å². The number of nitrogens with two attached hydrogens (primary N) is 1. The summed E-state index contributed by atoms with van der Waals surface area (Å²) in [6, 6.07) is -0.474. The largest absolute Gasteiger partial charge is 0.389 e. The molecule has 0 aliphatic carbocycles. The molecule has 1 unspecified atom stereocenters. The molecule has 0 amide bonds. The van der Waals surface area contributed by atoms with Gasteiger partial charge in [0.1, 0.15) is 0 Å². The second kappa shape index (κ2) is 4.91. The van der Waals surface area contributed by atoms with Gasteiger partial charge in [0.15, 0.2) is 0 Å². The van der Waals surface area contributed by atoms with Gasteiger partial charge in [-0.2, -0.15) is 13.2 Å². The Morgan fingerprint density at radius 3 is 2.67 bits per heavy atom. The highest BCUT2D eigenvalue weighted by Crippen LogP contribution is 2.29. The molecule has 1 heterocycles. The molecule has 0 aromatic carbocycles. The van der Waals surface area contributed by atoms with Gasteiger partial charge in [0.25, 0.3) is 0 Å². The number of aromatic nitrogens is 1. The zero-order chi connectivity index (χ0) is 11.5. The molecule has 3 nitrogen and oxygen atoms in total. The van der Waals surface area contributed by atoms with Crippen LogP contribution < -0.4 is 11.3 Å². The molecule has 1 rings (SSSR count). The number of thiazole rings is 1. The van der Waals surface area contributed by atoms with Crippen molar-refractivity contribution in [2.75, 3.05) is 0 Å². The fourth-order valence-corrected chi connectivity index (χ4v) is 2.03. The fraction of sp³-hybridized carbons (Fsp3) is 0.625. The number of alkyl halides is 3. The van der Waals surface area contributed by atoms with Gasteiger partial charge in [-0.25, -0.2) is 4.98 Å². The number of aryl methyl sites for hydroxylation is 1. The number of hydrogen-bond acceptors (Lipinski definition) is 4. The van der Waals surface area contributed by atoms with Gasteiger partial charge >= 0.3 is 6.18 Å². The van der Waals surface area contributed by atoms with Crippen LogP contribution in [0.2, 0.25) is 0 Å². The van der Waals surface area contributed by atoms with Crippen LogP contribution >= 0.6 is 11.3 Å². The van der Waals surface area contributed by atoms with Crippen LogP contribution in [-0.4, -0.2) is 11.2 Å². The average molecular weight is 239 g/mol. The van der Waals surface area contributed by atoms with Crippen molar-refractivity contribution in [2.45, 2.75) is 32.0 Å². The van der Waals surface area contributed by atoms with E-state index in [1.807, 2.05) is 0 Å². The summed E-state index contributed by atoms with van der Waals surface area (Å²) in [7, 11) is 0. The van der Waals surface area contributed by atoms with Crippen molar-refractivity contribution in [2.24, 2.45) is 5.84 Å². The molecule has 1 aromatic heterocycles. The SMILES string of the molecule is Cc1ncc(C(CCC(F)(F)F)NN)s1. The van der Waals surface area contributed by atoms with Crippen molar-refractivity contribution in [1.29, 1.82) is 0 Å². The maximum absolute atomic E-state index is 12.0. The highest BCUT2D eigenvalue weighted by molar-refractivity contribution is 7.11. The monoisotopic (exact) mass is 239 g/mol. The minimum absolute atomic E-state index is 0.0678. The molecule has 86 valence electrons. The van der Waals surface area contributed by atoms with E-state index in [9.17, 15) is 13.2 Å². The molecule has 3 N–H and O–H groups in total. The van der Waals surface area contributed by atoms with Crippen LogP contribution in [0.5, 0.6) is 0 Å². The number of nitrogens with one attached hydrogen (secondary N) is 1. The summed E-state index contributed by atoms with van der Waals surface area (Å²) >= 11 is 1.35. The molecule has 0 aliphatic rings. The predicted octanol–water partition coefficient (Wildman–Crippen LogP) is 2.30. The Labute approximate surface area is 89.5 Å². The maximum atomic E-state index is 12.0. The second-order valence-corrected chi connectivity index (χ2v) is 4.42. The first kappa shape index (κ1) is 12.4. The number of rotatable bonds is 4. The Balaban J connectivity index is 2.57. The lowest BCUT2D eigenvalue weighted by Gasteiger charge is -2.14. The van der Waals surface area contributed by atoms with Crippen LogP contribution in [0, 0.1) is 6.92 Å². The number of hydrazine groups is 1. The topological polar surface area (TPSA) is 50.9 Å². The van der Waals surface area contributed by atoms with Crippen LogP contribution in [0.15, 0.2) is 6.20 Å². The van der Waals surface area contributed by atoms with Gasteiger partial charge in [-0.15, -0.1) is 11.3 Å². The van der Waals surface area contributed by atoms with Crippen molar-refractivity contribution in [3.05, 3.63) is 16.1 Å². The molecule has 0 spiro atoms. The van der Waals surface area contributed by atoms with Crippen LogP contribution in [-0.2, 0) is 0 Å². The van der Waals surface area contributed by atoms with Crippen LogP contribution in [0.4, 0.5) is 13.2 Å². The van der Waals surface area contributed by atoms with Gasteiger partial charge in [0, 0.05) is 17.5 Å². The van der Waals surface area contributed by atoms with Gasteiger partial charge in [0.2, 0.25) is 0 Å². The normalized spacial score (nSPS) is 14.2. The zero-order valence-corrected chi connectivity index (χ0v) is 8.95. The predicted molar refractivity (Wildman–Crippen MR) is 52.2 cm³/mol. The number of hydrogen-bond donors (Lipinski definition) is 2. The molecule has 15 heavy (non-hydrogen) atoms. The lowest BCUT2D eigenvalue weighted by Crippen LogP contribution is -2.28. The van der Waals surface area contributed by atoms with E-state index >= 15 is 0 Å². The molecule has 0 saturated heterocycles. The van der Waals surface area contributed by atoms with E-state index in [0.717, 1.165) is 9.88 Å². The minimum Gasteiger partial charge on any atom is -0.271 e. The molecule has 7 heteroatoms. The van der Waals surface area contributed by atoms with E-state index in [0.29, 0.717) is 0 Å². The quantitative estimate of drug-likeness (QED) is 0.626. The molecule has 0 radical (unpaired) electrons. The highest BCUT2D eigenvalue weighted by Gasteiger charge is 2.28. The van der Waals surface area contributed by atoms with Crippen molar-refractivity contribution >= 4 is 11.3 Å². The summed E-state index contributed by atoms with van der Waals surface area (Å²) in [6.45, 7) is 1.80. The lowest BCUT2D eigenvalue weighted by molar-refractivity contribution is -0.136. The van der Waals surface area contributed by atoms with Crippen molar-refractivity contribution in [3.63, 3.8) is 0 Å². The van der Waals surface area contributed by atoms with Crippen molar-refractivity contribution in [3.8, 4) is 0 Å². The summed E-state index contributed by atoms with van der Waals surface area (Å²) in [5, 5.41) is 0.817. The third-order valence-corrected chi connectivity index (χ3v) is 2.93.